The van der Waals surface area contributed by atoms with Crippen LogP contribution in [0.1, 0.15) is 31.4 Å². The molecular formula is C16H25BrN2O2. The van der Waals surface area contributed by atoms with Gasteiger partial charge in [-0.15, -0.1) is 0 Å². The fourth-order valence-corrected chi connectivity index (χ4v) is 3.36. The predicted octanol–water partition coefficient (Wildman–Crippen LogP) is 2.31. The number of nitrogens with zero attached hydrogens (tertiary/aromatic N) is 1. The van der Waals surface area contributed by atoms with Crippen LogP contribution in [0.2, 0.25) is 0 Å². The van der Waals surface area contributed by atoms with E-state index < -0.39 is 5.60 Å². The Morgan fingerprint density at radius 3 is 2.43 bits per heavy atom. The van der Waals surface area contributed by atoms with Crippen molar-refractivity contribution in [2.75, 3.05) is 26.8 Å². The van der Waals surface area contributed by atoms with Crippen molar-refractivity contribution >= 4 is 15.9 Å². The van der Waals surface area contributed by atoms with Gasteiger partial charge in [0.05, 0.1) is 5.60 Å². The van der Waals surface area contributed by atoms with Crippen molar-refractivity contribution in [3.05, 3.63) is 34.3 Å². The topological polar surface area (TPSA) is 58.7 Å². The molecule has 1 fully saturated rings. The molecule has 1 aromatic carbocycles. The molecule has 2 atom stereocenters. The van der Waals surface area contributed by atoms with Gasteiger partial charge in [-0.2, -0.15) is 0 Å². The Morgan fingerprint density at radius 2 is 1.90 bits per heavy atom. The third-order valence-electron chi connectivity index (χ3n) is 4.15. The number of hydrogen-bond donors (Lipinski definition) is 2. The van der Waals surface area contributed by atoms with Gasteiger partial charge in [0.15, 0.2) is 0 Å². The van der Waals surface area contributed by atoms with Crippen LogP contribution >= 0.6 is 15.9 Å². The van der Waals surface area contributed by atoms with E-state index in [0.29, 0.717) is 32.6 Å². The van der Waals surface area contributed by atoms with Crippen LogP contribution in [-0.2, 0) is 4.74 Å². The molecule has 4 nitrogen and oxygen atoms in total. The average Bonchev–Trinajstić information content (AvgIpc) is 2.41. The monoisotopic (exact) mass is 356 g/mol. The van der Waals surface area contributed by atoms with Crippen molar-refractivity contribution < 1.29 is 9.84 Å². The fraction of sp³-hybridized carbons (Fsp3) is 0.625. The van der Waals surface area contributed by atoms with E-state index in [2.05, 4.69) is 33.0 Å². The van der Waals surface area contributed by atoms with Gasteiger partial charge in [0.1, 0.15) is 0 Å². The van der Waals surface area contributed by atoms with Crippen LogP contribution in [0.4, 0.5) is 0 Å². The fourth-order valence-electron chi connectivity index (χ4n) is 3.09. The molecule has 0 aromatic heterocycles. The molecular weight excluding hydrogens is 332 g/mol. The van der Waals surface area contributed by atoms with Crippen molar-refractivity contribution in [1.29, 1.82) is 0 Å². The lowest BCUT2D eigenvalue weighted by Crippen LogP contribution is -2.49. The Labute approximate surface area is 135 Å². The maximum absolute atomic E-state index is 10.7. The Morgan fingerprint density at radius 1 is 1.33 bits per heavy atom. The van der Waals surface area contributed by atoms with Gasteiger partial charge in [-0.1, -0.05) is 28.1 Å². The first-order valence-electron chi connectivity index (χ1n) is 7.43. The molecule has 0 aliphatic carbocycles. The maximum Gasteiger partial charge on any atom is 0.0818 e. The highest BCUT2D eigenvalue weighted by atomic mass is 79.9. The second-order valence-corrected chi connectivity index (χ2v) is 7.02. The lowest BCUT2D eigenvalue weighted by atomic mass is 9.91. The van der Waals surface area contributed by atoms with E-state index in [1.54, 1.807) is 0 Å². The number of benzene rings is 1. The molecule has 5 heteroatoms. The molecule has 1 aliphatic rings. The van der Waals surface area contributed by atoms with E-state index in [1.807, 2.05) is 26.1 Å². The number of ether oxygens (including phenoxy) is 1. The van der Waals surface area contributed by atoms with Crippen LogP contribution in [-0.4, -0.2) is 48.5 Å². The first kappa shape index (κ1) is 16.9. The molecule has 21 heavy (non-hydrogen) atoms. The molecule has 1 heterocycles. The summed E-state index contributed by atoms with van der Waals surface area (Å²) in [5.41, 5.74) is 6.70. The first-order valence-corrected chi connectivity index (χ1v) is 8.22. The summed E-state index contributed by atoms with van der Waals surface area (Å²) in [6.45, 7) is 3.88. The second-order valence-electron chi connectivity index (χ2n) is 6.11. The normalized spacial score (nSPS) is 21.2. The standard InChI is InChI=1S/C16H25BrN2O2/c1-12(18)15(13-3-5-14(17)6-4-13)19(2)11-16(20)7-9-21-10-8-16/h3-6,12,15,20H,7-11,18H2,1-2H3. The summed E-state index contributed by atoms with van der Waals surface area (Å²) in [6, 6.07) is 8.30. The highest BCUT2D eigenvalue weighted by Gasteiger charge is 2.34. The zero-order valence-electron chi connectivity index (χ0n) is 12.8. The molecule has 0 bridgehead atoms. The summed E-state index contributed by atoms with van der Waals surface area (Å²) in [7, 11) is 2.03. The number of hydrogen-bond acceptors (Lipinski definition) is 4. The molecule has 0 spiro atoms. The van der Waals surface area contributed by atoms with Crippen LogP contribution in [0.25, 0.3) is 0 Å². The average molecular weight is 357 g/mol. The Kier molecular flexibility index (Phi) is 5.80. The Hall–Kier alpha value is -0.460. The lowest BCUT2D eigenvalue weighted by Gasteiger charge is -2.39. The molecule has 0 radical (unpaired) electrons. The van der Waals surface area contributed by atoms with Crippen LogP contribution in [0, 0.1) is 0 Å². The summed E-state index contributed by atoms with van der Waals surface area (Å²) < 4.78 is 6.40. The number of nitrogens with two attached hydrogens (primary N) is 1. The van der Waals surface area contributed by atoms with Gasteiger partial charge in [0.2, 0.25) is 0 Å². The van der Waals surface area contributed by atoms with Crippen molar-refractivity contribution in [3.63, 3.8) is 0 Å². The predicted molar refractivity (Wildman–Crippen MR) is 88.2 cm³/mol. The van der Waals surface area contributed by atoms with Gasteiger partial charge < -0.3 is 15.6 Å². The van der Waals surface area contributed by atoms with Gasteiger partial charge >= 0.3 is 0 Å². The summed E-state index contributed by atoms with van der Waals surface area (Å²) in [6.07, 6.45) is 1.37. The summed E-state index contributed by atoms with van der Waals surface area (Å²) in [5, 5.41) is 10.7. The van der Waals surface area contributed by atoms with Gasteiger partial charge in [-0.3, -0.25) is 4.90 Å². The molecule has 1 saturated heterocycles. The third-order valence-corrected chi connectivity index (χ3v) is 4.68. The molecule has 1 aromatic rings. The number of aliphatic hydroxyl groups is 1. The summed E-state index contributed by atoms with van der Waals surface area (Å²) in [5.74, 6) is 0. The van der Waals surface area contributed by atoms with Crippen LogP contribution in [0.3, 0.4) is 0 Å². The minimum absolute atomic E-state index is 0.0142. The molecule has 118 valence electrons. The van der Waals surface area contributed by atoms with Crippen molar-refractivity contribution in [2.24, 2.45) is 5.73 Å². The summed E-state index contributed by atoms with van der Waals surface area (Å²) >= 11 is 3.46. The van der Waals surface area contributed by atoms with E-state index in [0.717, 1.165) is 4.47 Å². The van der Waals surface area contributed by atoms with Crippen LogP contribution < -0.4 is 5.73 Å². The van der Waals surface area contributed by atoms with Gasteiger partial charge in [-0.25, -0.2) is 0 Å². The Bertz CT molecular complexity index is 444. The van der Waals surface area contributed by atoms with Crippen molar-refractivity contribution in [3.8, 4) is 0 Å². The summed E-state index contributed by atoms with van der Waals surface area (Å²) in [4.78, 5) is 2.17. The van der Waals surface area contributed by atoms with Gasteiger partial charge in [-0.05, 0) is 31.7 Å². The molecule has 2 unspecified atom stereocenters. The zero-order valence-corrected chi connectivity index (χ0v) is 14.3. The SMILES string of the molecule is CC(N)C(c1ccc(Br)cc1)N(C)CC1(O)CCOCC1. The highest BCUT2D eigenvalue weighted by Crippen LogP contribution is 2.28. The molecule has 0 saturated carbocycles. The minimum Gasteiger partial charge on any atom is -0.388 e. The van der Waals surface area contributed by atoms with Crippen LogP contribution in [0.5, 0.6) is 0 Å². The van der Waals surface area contributed by atoms with E-state index in [4.69, 9.17) is 10.5 Å². The highest BCUT2D eigenvalue weighted by molar-refractivity contribution is 9.10. The first-order chi connectivity index (χ1) is 9.91. The largest absolute Gasteiger partial charge is 0.388 e. The maximum atomic E-state index is 10.7. The Balaban J connectivity index is 2.12. The molecule has 3 N–H and O–H groups in total. The van der Waals surface area contributed by atoms with Crippen LogP contribution in [0.15, 0.2) is 28.7 Å². The smallest absolute Gasteiger partial charge is 0.0818 e. The zero-order chi connectivity index (χ0) is 15.5. The van der Waals surface area contributed by atoms with Crippen molar-refractivity contribution in [2.45, 2.75) is 37.5 Å². The molecule has 0 amide bonds. The lowest BCUT2D eigenvalue weighted by molar-refractivity contribution is -0.0824. The molecule has 1 aliphatic heterocycles. The number of rotatable bonds is 5. The second kappa shape index (κ2) is 7.20. The van der Waals surface area contributed by atoms with E-state index >= 15 is 0 Å². The van der Waals surface area contributed by atoms with Crippen molar-refractivity contribution in [1.82, 2.24) is 4.90 Å². The van der Waals surface area contributed by atoms with Gasteiger partial charge in [0, 0.05) is 49.2 Å². The van der Waals surface area contributed by atoms with E-state index in [1.165, 1.54) is 5.56 Å². The van der Waals surface area contributed by atoms with E-state index in [9.17, 15) is 5.11 Å². The van der Waals surface area contributed by atoms with Gasteiger partial charge in [0.25, 0.3) is 0 Å². The number of likely N-dealkylation sites (N-methyl/N-ethyl adjacent to an activating group) is 1. The quantitative estimate of drug-likeness (QED) is 0.849. The van der Waals surface area contributed by atoms with E-state index in [-0.39, 0.29) is 12.1 Å². The minimum atomic E-state index is -0.671. The third kappa shape index (κ3) is 4.50. The number of halogens is 1. The molecule has 2 rings (SSSR count).